The first-order valence-corrected chi connectivity index (χ1v) is 11.0. The number of carbonyl (C=O) groups excluding carboxylic acids is 2. The number of carboxylic acid groups (broad SMARTS) is 2. The number of carboxylic acids is 2. The number of carbonyl (C=O) groups is 2. The third-order valence-corrected chi connectivity index (χ3v) is 7.75. The van der Waals surface area contributed by atoms with Gasteiger partial charge in [-0.1, -0.05) is 64.2 Å². The summed E-state index contributed by atoms with van der Waals surface area (Å²) < 4.78 is 0. The van der Waals surface area contributed by atoms with Crippen molar-refractivity contribution in [2.24, 2.45) is 35.5 Å². The van der Waals surface area contributed by atoms with Crippen LogP contribution in [0.15, 0.2) is 0 Å². The van der Waals surface area contributed by atoms with Crippen molar-refractivity contribution in [1.29, 1.82) is 0 Å². The zero-order valence-corrected chi connectivity index (χ0v) is 17.6. The van der Waals surface area contributed by atoms with Crippen LogP contribution in [0.5, 0.6) is 0 Å². The summed E-state index contributed by atoms with van der Waals surface area (Å²) in [6, 6.07) is 0. The van der Waals surface area contributed by atoms with Crippen LogP contribution in [-0.4, -0.2) is 11.9 Å². The van der Waals surface area contributed by atoms with Crippen molar-refractivity contribution in [3.8, 4) is 0 Å². The van der Waals surface area contributed by atoms with Gasteiger partial charge in [0, 0.05) is 23.8 Å². The zero-order chi connectivity index (χ0) is 18.5. The van der Waals surface area contributed by atoms with Crippen molar-refractivity contribution < 1.29 is 36.9 Å². The molecule has 6 unspecified atom stereocenters. The van der Waals surface area contributed by atoms with Gasteiger partial charge < -0.3 is 19.8 Å². The van der Waals surface area contributed by atoms with Gasteiger partial charge in [0.1, 0.15) is 0 Å². The molecule has 153 valence electrons. The monoisotopic (exact) mass is 417 g/mol. The molecule has 0 amide bonds. The SMILES string of the molecule is O=C([O-])C1CCCC2CCCCC21.O=C([O-])C1CCCC2CCCCC21.[Mn+2]. The predicted molar refractivity (Wildman–Crippen MR) is 95.6 cm³/mol. The Morgan fingerprint density at radius 2 is 0.852 bits per heavy atom. The fraction of sp³-hybridized carbons (Fsp3) is 0.909. The number of hydrogen-bond donors (Lipinski definition) is 0. The van der Waals surface area contributed by atoms with Crippen molar-refractivity contribution in [3.05, 3.63) is 0 Å². The minimum absolute atomic E-state index is 0. The van der Waals surface area contributed by atoms with Crippen LogP contribution in [0.4, 0.5) is 0 Å². The molecule has 4 saturated carbocycles. The fourth-order valence-electron chi connectivity index (χ4n) is 6.46. The molecule has 0 N–H and O–H groups in total. The minimum Gasteiger partial charge on any atom is -0.550 e. The van der Waals surface area contributed by atoms with Gasteiger partial charge in [-0.25, -0.2) is 0 Å². The molecule has 1 radical (unpaired) electrons. The van der Waals surface area contributed by atoms with Gasteiger partial charge in [-0.3, -0.25) is 0 Å². The molecule has 0 heterocycles. The Balaban J connectivity index is 0.000000187. The summed E-state index contributed by atoms with van der Waals surface area (Å²) >= 11 is 0. The van der Waals surface area contributed by atoms with Crippen molar-refractivity contribution in [2.75, 3.05) is 0 Å². The third-order valence-electron chi connectivity index (χ3n) is 7.75. The Hall–Kier alpha value is -0.541. The van der Waals surface area contributed by atoms with Gasteiger partial charge in [-0.2, -0.15) is 0 Å². The van der Waals surface area contributed by atoms with Crippen LogP contribution in [0, 0.1) is 35.5 Å². The van der Waals surface area contributed by atoms with Crippen molar-refractivity contribution in [2.45, 2.75) is 89.9 Å². The maximum atomic E-state index is 10.9. The summed E-state index contributed by atoms with van der Waals surface area (Å²) in [7, 11) is 0. The molecule has 4 fully saturated rings. The van der Waals surface area contributed by atoms with Crippen molar-refractivity contribution in [1.82, 2.24) is 0 Å². The van der Waals surface area contributed by atoms with Crippen LogP contribution in [0.1, 0.15) is 89.9 Å². The standard InChI is InChI=1S/2C11H18O2.Mn/c2*12-11(13)10-7-3-5-8-4-1-2-6-9(8)10;/h2*8-10H,1-7H2,(H,12,13);/q;;+2/p-2. The van der Waals surface area contributed by atoms with Crippen LogP contribution in [-0.2, 0) is 26.7 Å². The predicted octanol–water partition coefficient (Wildman–Crippen LogP) is 2.68. The van der Waals surface area contributed by atoms with Crippen molar-refractivity contribution in [3.63, 3.8) is 0 Å². The van der Waals surface area contributed by atoms with E-state index in [9.17, 15) is 19.8 Å². The fourth-order valence-corrected chi connectivity index (χ4v) is 6.46. The van der Waals surface area contributed by atoms with Gasteiger partial charge in [0.15, 0.2) is 0 Å². The topological polar surface area (TPSA) is 80.3 Å². The van der Waals surface area contributed by atoms with E-state index in [1.54, 1.807) is 0 Å². The summed E-state index contributed by atoms with van der Waals surface area (Å²) in [6.07, 6.45) is 16.3. The van der Waals surface area contributed by atoms with Gasteiger partial charge in [0.05, 0.1) is 0 Å². The normalized spacial score (nSPS) is 38.1. The van der Waals surface area contributed by atoms with E-state index in [-0.39, 0.29) is 28.9 Å². The summed E-state index contributed by atoms with van der Waals surface area (Å²) in [4.78, 5) is 21.8. The van der Waals surface area contributed by atoms with E-state index in [1.165, 1.54) is 51.4 Å². The summed E-state index contributed by atoms with van der Waals surface area (Å²) in [5, 5.41) is 21.8. The van der Waals surface area contributed by atoms with E-state index in [4.69, 9.17) is 0 Å². The average molecular weight is 417 g/mol. The Morgan fingerprint density at radius 3 is 1.22 bits per heavy atom. The number of aliphatic carboxylic acids is 2. The average Bonchev–Trinajstić information content (AvgIpc) is 2.67. The smallest absolute Gasteiger partial charge is 0.550 e. The Kier molecular flexibility index (Phi) is 9.14. The maximum absolute atomic E-state index is 10.9. The first kappa shape index (κ1) is 22.7. The number of fused-ring (bicyclic) bond motifs is 2. The molecule has 0 bridgehead atoms. The molecule has 0 aromatic carbocycles. The second-order valence-electron chi connectivity index (χ2n) is 9.13. The molecule has 27 heavy (non-hydrogen) atoms. The zero-order valence-electron chi connectivity index (χ0n) is 16.4. The molecule has 4 nitrogen and oxygen atoms in total. The first-order chi connectivity index (χ1) is 12.6. The molecule has 4 aliphatic rings. The van der Waals surface area contributed by atoms with Gasteiger partial charge in [0.2, 0.25) is 0 Å². The second-order valence-corrected chi connectivity index (χ2v) is 9.13. The molecule has 4 aliphatic carbocycles. The number of hydrogen-bond acceptors (Lipinski definition) is 4. The molecular formula is C22H34MnO4. The van der Waals surface area contributed by atoms with E-state index in [2.05, 4.69) is 0 Å². The quantitative estimate of drug-likeness (QED) is 0.647. The van der Waals surface area contributed by atoms with Gasteiger partial charge >= 0.3 is 17.1 Å². The van der Waals surface area contributed by atoms with Crippen LogP contribution in [0.2, 0.25) is 0 Å². The van der Waals surface area contributed by atoms with Gasteiger partial charge in [0.25, 0.3) is 0 Å². The summed E-state index contributed by atoms with van der Waals surface area (Å²) in [6.45, 7) is 0. The van der Waals surface area contributed by atoms with Gasteiger partial charge in [-0.05, 0) is 49.4 Å². The molecule has 0 saturated heterocycles. The third kappa shape index (κ3) is 5.73. The Morgan fingerprint density at radius 1 is 0.519 bits per heavy atom. The molecule has 0 aromatic heterocycles. The van der Waals surface area contributed by atoms with Crippen LogP contribution in [0.3, 0.4) is 0 Å². The molecule has 0 aromatic rings. The molecule has 6 atom stereocenters. The minimum atomic E-state index is -0.795. The largest absolute Gasteiger partial charge is 2.00 e. The first-order valence-electron chi connectivity index (χ1n) is 11.0. The molecule has 5 heteroatoms. The second kappa shape index (κ2) is 10.9. The van der Waals surface area contributed by atoms with Crippen LogP contribution in [0.25, 0.3) is 0 Å². The van der Waals surface area contributed by atoms with E-state index >= 15 is 0 Å². The van der Waals surface area contributed by atoms with E-state index in [0.717, 1.165) is 38.5 Å². The molecule has 4 rings (SSSR count). The summed E-state index contributed by atoms with van der Waals surface area (Å²) in [5.74, 6) is 0.460. The Bertz CT molecular complexity index is 447. The van der Waals surface area contributed by atoms with Gasteiger partial charge in [-0.15, -0.1) is 0 Å². The van der Waals surface area contributed by atoms with Crippen molar-refractivity contribution >= 4 is 11.9 Å². The van der Waals surface area contributed by atoms with E-state index in [1.807, 2.05) is 0 Å². The summed E-state index contributed by atoms with van der Waals surface area (Å²) in [5.41, 5.74) is 0. The molecule has 0 aliphatic heterocycles. The Labute approximate surface area is 174 Å². The molecular weight excluding hydrogens is 383 g/mol. The maximum Gasteiger partial charge on any atom is 2.00 e. The van der Waals surface area contributed by atoms with Crippen LogP contribution < -0.4 is 10.2 Å². The van der Waals surface area contributed by atoms with Crippen LogP contribution >= 0.6 is 0 Å². The number of rotatable bonds is 2. The molecule has 0 spiro atoms. The van der Waals surface area contributed by atoms with E-state index < -0.39 is 11.9 Å². The van der Waals surface area contributed by atoms with E-state index in [0.29, 0.717) is 23.7 Å².